The Morgan fingerprint density at radius 3 is 2.41 bits per heavy atom. The Kier molecular flexibility index (Phi) is 9.09. The molecule has 2 saturated carbocycles. The van der Waals surface area contributed by atoms with E-state index in [1.54, 1.807) is 0 Å². The molecular weight excluding hydrogens is 469 g/mol. The molecule has 6 atom stereocenters. The molecule has 5 aliphatic rings. The molecule has 9 heteroatoms. The lowest BCUT2D eigenvalue weighted by Gasteiger charge is -2.49. The largest absolute Gasteiger partial charge is 0.350 e. The molecule has 1 spiro atoms. The number of nitrogens with two attached hydrogens (primary N) is 2. The zero-order chi connectivity index (χ0) is 26.0. The summed E-state index contributed by atoms with van der Waals surface area (Å²) >= 11 is 0. The lowest BCUT2D eigenvalue weighted by Crippen LogP contribution is -2.68. The van der Waals surface area contributed by atoms with Gasteiger partial charge >= 0.3 is 0 Å². The Hall–Kier alpha value is -0.840. The SMILES string of the molecule is CN1CCN(C2C(NC(=O)C(C(N)N)C3CC4(CCCCC4)CCC(F)CN3)CNCC2C2CC2)CC1. The lowest BCUT2D eigenvalue weighted by atomic mass is 9.65. The number of carbonyl (C=O) groups excluding carboxylic acids is 1. The summed E-state index contributed by atoms with van der Waals surface area (Å²) in [7, 11) is 2.19. The number of piperidine rings is 1. The molecular formula is C28H52FN7O. The number of rotatable bonds is 6. The van der Waals surface area contributed by atoms with Crippen LogP contribution < -0.4 is 27.4 Å². The zero-order valence-corrected chi connectivity index (χ0v) is 23.0. The van der Waals surface area contributed by atoms with Crippen molar-refractivity contribution in [2.45, 2.75) is 94.7 Å². The lowest BCUT2D eigenvalue weighted by molar-refractivity contribution is -0.129. The molecule has 0 aromatic carbocycles. The van der Waals surface area contributed by atoms with Gasteiger partial charge in [0.2, 0.25) is 5.91 Å². The van der Waals surface area contributed by atoms with E-state index >= 15 is 0 Å². The Labute approximate surface area is 223 Å². The molecule has 37 heavy (non-hydrogen) atoms. The van der Waals surface area contributed by atoms with Crippen LogP contribution in [0.3, 0.4) is 0 Å². The van der Waals surface area contributed by atoms with Crippen molar-refractivity contribution >= 4 is 5.91 Å². The van der Waals surface area contributed by atoms with E-state index in [1.165, 1.54) is 32.1 Å². The summed E-state index contributed by atoms with van der Waals surface area (Å²) in [5, 5.41) is 10.5. The van der Waals surface area contributed by atoms with Crippen LogP contribution in [0.25, 0.3) is 0 Å². The van der Waals surface area contributed by atoms with E-state index in [-0.39, 0.29) is 30.0 Å². The van der Waals surface area contributed by atoms with Gasteiger partial charge in [0.25, 0.3) is 0 Å². The number of hydrogen-bond acceptors (Lipinski definition) is 7. The number of alkyl halides is 1. The molecule has 6 unspecified atom stereocenters. The molecule has 0 bridgehead atoms. The fraction of sp³-hybridized carbons (Fsp3) is 0.964. The van der Waals surface area contributed by atoms with Crippen LogP contribution in [0.1, 0.15) is 64.2 Å². The number of nitrogens with zero attached hydrogens (tertiary/aromatic N) is 2. The van der Waals surface area contributed by atoms with Gasteiger partial charge in [-0.15, -0.1) is 0 Å². The van der Waals surface area contributed by atoms with E-state index in [9.17, 15) is 9.18 Å². The number of halogens is 1. The van der Waals surface area contributed by atoms with Crippen molar-refractivity contribution in [3.05, 3.63) is 0 Å². The van der Waals surface area contributed by atoms with Crippen LogP contribution in [0.5, 0.6) is 0 Å². The van der Waals surface area contributed by atoms with Gasteiger partial charge in [0.1, 0.15) is 6.17 Å². The molecule has 7 N–H and O–H groups in total. The monoisotopic (exact) mass is 521 g/mol. The highest BCUT2D eigenvalue weighted by Crippen LogP contribution is 2.46. The van der Waals surface area contributed by atoms with E-state index in [1.807, 2.05) is 0 Å². The highest BCUT2D eigenvalue weighted by atomic mass is 19.1. The predicted molar refractivity (Wildman–Crippen MR) is 146 cm³/mol. The quantitative estimate of drug-likeness (QED) is 0.332. The summed E-state index contributed by atoms with van der Waals surface area (Å²) in [6.45, 7) is 6.29. The van der Waals surface area contributed by atoms with Gasteiger partial charge in [-0.2, -0.15) is 0 Å². The second-order valence-corrected chi connectivity index (χ2v) is 13.1. The summed E-state index contributed by atoms with van der Waals surface area (Å²) in [6, 6.07) is 0.170. The molecule has 5 rings (SSSR count). The Bertz CT molecular complexity index is 751. The first-order chi connectivity index (χ1) is 17.8. The van der Waals surface area contributed by atoms with Gasteiger partial charge in [0.05, 0.1) is 18.1 Å². The summed E-state index contributed by atoms with van der Waals surface area (Å²) in [4.78, 5) is 19.0. The van der Waals surface area contributed by atoms with Crippen molar-refractivity contribution < 1.29 is 9.18 Å². The summed E-state index contributed by atoms with van der Waals surface area (Å²) in [5.41, 5.74) is 12.8. The van der Waals surface area contributed by atoms with Crippen LogP contribution >= 0.6 is 0 Å². The number of hydrogen-bond donors (Lipinski definition) is 5. The molecule has 0 aromatic rings. The van der Waals surface area contributed by atoms with Crippen molar-refractivity contribution in [3.63, 3.8) is 0 Å². The number of likely N-dealkylation sites (N-methyl/N-ethyl adjacent to an activating group) is 1. The average Bonchev–Trinajstić information content (AvgIpc) is 3.72. The zero-order valence-electron chi connectivity index (χ0n) is 23.0. The molecule has 2 aliphatic carbocycles. The number of nitrogens with one attached hydrogen (secondary N) is 3. The number of piperazine rings is 1. The van der Waals surface area contributed by atoms with E-state index in [0.29, 0.717) is 18.4 Å². The first-order valence-electron chi connectivity index (χ1n) is 15.2. The van der Waals surface area contributed by atoms with Gasteiger partial charge in [0.15, 0.2) is 0 Å². The van der Waals surface area contributed by atoms with Gasteiger partial charge < -0.3 is 32.3 Å². The smallest absolute Gasteiger partial charge is 0.227 e. The van der Waals surface area contributed by atoms with Gasteiger partial charge in [-0.3, -0.25) is 9.69 Å². The second-order valence-electron chi connectivity index (χ2n) is 13.1. The highest BCUT2D eigenvalue weighted by molar-refractivity contribution is 5.80. The first-order valence-corrected chi connectivity index (χ1v) is 15.2. The van der Waals surface area contributed by atoms with Crippen LogP contribution in [0.2, 0.25) is 0 Å². The second kappa shape index (κ2) is 12.1. The Morgan fingerprint density at radius 1 is 1.00 bits per heavy atom. The third kappa shape index (κ3) is 6.67. The van der Waals surface area contributed by atoms with Gasteiger partial charge in [-0.1, -0.05) is 19.3 Å². The molecule has 3 saturated heterocycles. The number of carbonyl (C=O) groups is 1. The molecule has 3 aliphatic heterocycles. The van der Waals surface area contributed by atoms with Gasteiger partial charge in [-0.05, 0) is 75.8 Å². The summed E-state index contributed by atoms with van der Waals surface area (Å²) in [6.07, 6.45) is 9.17. The van der Waals surface area contributed by atoms with Crippen molar-refractivity contribution in [3.8, 4) is 0 Å². The van der Waals surface area contributed by atoms with E-state index in [0.717, 1.165) is 70.9 Å². The van der Waals surface area contributed by atoms with E-state index < -0.39 is 18.3 Å². The molecule has 1 amide bonds. The van der Waals surface area contributed by atoms with Crippen LogP contribution in [0.15, 0.2) is 0 Å². The predicted octanol–water partition coefficient (Wildman–Crippen LogP) is 1.01. The average molecular weight is 522 g/mol. The molecule has 212 valence electrons. The van der Waals surface area contributed by atoms with E-state index in [2.05, 4.69) is 32.8 Å². The van der Waals surface area contributed by atoms with Crippen LogP contribution in [0.4, 0.5) is 4.39 Å². The minimum atomic E-state index is -0.886. The maximum atomic E-state index is 14.7. The third-order valence-corrected chi connectivity index (χ3v) is 10.4. The standard InChI is InChI=1S/C28H52FN7O/c1-35-11-13-36(14-12-35)25-21(19-5-6-19)17-32-18-23(25)34-27(37)24(26(30)31)22-15-28(8-3-2-4-9-28)10-7-20(29)16-33-22/h19-26,32-33H,2-18,30-31H2,1H3,(H,34,37). The van der Waals surface area contributed by atoms with Crippen molar-refractivity contribution in [2.75, 3.05) is 52.9 Å². The van der Waals surface area contributed by atoms with E-state index in [4.69, 9.17) is 11.5 Å². The molecule has 5 fully saturated rings. The van der Waals surface area contributed by atoms with Crippen molar-refractivity contribution in [2.24, 2.45) is 34.6 Å². The maximum absolute atomic E-state index is 14.7. The van der Waals surface area contributed by atoms with Crippen molar-refractivity contribution in [1.29, 1.82) is 0 Å². The fourth-order valence-electron chi connectivity index (χ4n) is 8.10. The fourth-order valence-corrected chi connectivity index (χ4v) is 8.10. The Morgan fingerprint density at radius 2 is 1.73 bits per heavy atom. The van der Waals surface area contributed by atoms with Crippen LogP contribution in [0, 0.1) is 23.2 Å². The van der Waals surface area contributed by atoms with Crippen LogP contribution in [-0.4, -0.2) is 99.0 Å². The number of amides is 1. The molecule has 0 aromatic heterocycles. The summed E-state index contributed by atoms with van der Waals surface area (Å²) < 4.78 is 14.7. The molecule has 8 nitrogen and oxygen atoms in total. The maximum Gasteiger partial charge on any atom is 0.227 e. The Balaban J connectivity index is 1.33. The van der Waals surface area contributed by atoms with Gasteiger partial charge in [0, 0.05) is 51.4 Å². The highest BCUT2D eigenvalue weighted by Gasteiger charge is 2.47. The molecule has 3 heterocycles. The molecule has 0 radical (unpaired) electrons. The topological polar surface area (TPSA) is 112 Å². The summed E-state index contributed by atoms with van der Waals surface area (Å²) in [5.74, 6) is 0.685. The minimum absolute atomic E-state index is 0.0302. The first kappa shape index (κ1) is 27.7. The van der Waals surface area contributed by atoms with Gasteiger partial charge in [-0.25, -0.2) is 4.39 Å². The minimum Gasteiger partial charge on any atom is -0.350 e. The van der Waals surface area contributed by atoms with Crippen molar-refractivity contribution in [1.82, 2.24) is 25.8 Å². The van der Waals surface area contributed by atoms with Crippen LogP contribution in [-0.2, 0) is 4.79 Å². The normalized spacial score (nSPS) is 37.2. The third-order valence-electron chi connectivity index (χ3n) is 10.4.